The highest BCUT2D eigenvalue weighted by Gasteiger charge is 2.24. The second-order valence-corrected chi connectivity index (χ2v) is 8.01. The lowest BCUT2D eigenvalue weighted by Crippen LogP contribution is -2.27. The molecule has 0 saturated heterocycles. The molecule has 0 amide bonds. The molecule has 1 heterocycles. The summed E-state index contributed by atoms with van der Waals surface area (Å²) in [6, 6.07) is 0. The largest absolute Gasteiger partial charge is 0.309 e. The highest BCUT2D eigenvalue weighted by atomic mass is 35.5. The quantitative estimate of drug-likeness (QED) is 0.768. The molecule has 0 bridgehead atoms. The number of rotatable bonds is 4. The summed E-state index contributed by atoms with van der Waals surface area (Å²) < 4.78 is 2.19. The number of halogens is 1. The van der Waals surface area contributed by atoms with Crippen LogP contribution in [0.25, 0.3) is 0 Å². The maximum Gasteiger partial charge on any atom is 0.148 e. The van der Waals surface area contributed by atoms with Crippen molar-refractivity contribution in [3.05, 3.63) is 11.6 Å². The van der Waals surface area contributed by atoms with Crippen LogP contribution in [0.15, 0.2) is 0 Å². The number of hydrogen-bond donors (Lipinski definition) is 0. The van der Waals surface area contributed by atoms with Gasteiger partial charge in [0, 0.05) is 12.0 Å². The third kappa shape index (κ3) is 4.79. The number of nitrogens with zero attached hydrogens (tertiary/aromatic N) is 3. The first-order valence-corrected chi connectivity index (χ1v) is 7.57. The second kappa shape index (κ2) is 5.82. The molecule has 0 spiro atoms. The first-order valence-electron chi connectivity index (χ1n) is 7.04. The molecule has 0 aliphatic rings. The molecule has 0 aliphatic carbocycles. The minimum atomic E-state index is -0.0233. The van der Waals surface area contributed by atoms with Crippen LogP contribution in [0.4, 0.5) is 0 Å². The Labute approximate surface area is 122 Å². The van der Waals surface area contributed by atoms with Crippen molar-refractivity contribution < 1.29 is 0 Å². The average molecular weight is 286 g/mol. The lowest BCUT2D eigenvalue weighted by molar-refractivity contribution is 0.294. The van der Waals surface area contributed by atoms with Crippen molar-refractivity contribution in [2.75, 3.05) is 0 Å². The van der Waals surface area contributed by atoms with E-state index in [1.54, 1.807) is 0 Å². The molecule has 0 aliphatic heterocycles. The normalized spacial score (nSPS) is 14.7. The van der Waals surface area contributed by atoms with Gasteiger partial charge in [0.15, 0.2) is 0 Å². The maximum atomic E-state index is 5.97. The fourth-order valence-corrected chi connectivity index (χ4v) is 2.95. The summed E-state index contributed by atoms with van der Waals surface area (Å²) in [7, 11) is 0. The number of hydrogen-bond acceptors (Lipinski definition) is 2. The highest BCUT2D eigenvalue weighted by molar-refractivity contribution is 6.16. The molecular weight excluding hydrogens is 258 g/mol. The molecule has 0 saturated carbocycles. The molecule has 0 radical (unpaired) electrons. The number of aromatic nitrogens is 3. The molecule has 0 fully saturated rings. The third-order valence-corrected chi connectivity index (χ3v) is 3.32. The van der Waals surface area contributed by atoms with Gasteiger partial charge in [0.1, 0.15) is 11.6 Å². The van der Waals surface area contributed by atoms with Gasteiger partial charge in [-0.2, -0.15) is 0 Å². The fourth-order valence-electron chi connectivity index (χ4n) is 2.78. The summed E-state index contributed by atoms with van der Waals surface area (Å²) in [6.07, 6.45) is 2.14. The smallest absolute Gasteiger partial charge is 0.148 e. The van der Waals surface area contributed by atoms with Gasteiger partial charge in [-0.3, -0.25) is 0 Å². The van der Waals surface area contributed by atoms with Crippen molar-refractivity contribution in [1.82, 2.24) is 14.8 Å². The maximum absolute atomic E-state index is 5.97. The summed E-state index contributed by atoms with van der Waals surface area (Å²) in [6.45, 7) is 15.6. The summed E-state index contributed by atoms with van der Waals surface area (Å²) in [5, 5.41) is 8.58. The van der Waals surface area contributed by atoms with E-state index in [1.807, 2.05) is 0 Å². The van der Waals surface area contributed by atoms with Crippen LogP contribution in [-0.2, 0) is 17.8 Å². The lowest BCUT2D eigenvalue weighted by atomic mass is 9.84. The van der Waals surface area contributed by atoms with Crippen molar-refractivity contribution in [3.8, 4) is 0 Å². The van der Waals surface area contributed by atoms with E-state index in [1.165, 1.54) is 6.42 Å². The molecule has 1 rings (SSSR count). The van der Waals surface area contributed by atoms with Crippen LogP contribution in [-0.4, -0.2) is 14.8 Å². The number of alkyl halides is 1. The zero-order valence-electron chi connectivity index (χ0n) is 13.4. The van der Waals surface area contributed by atoms with Gasteiger partial charge >= 0.3 is 0 Å². The summed E-state index contributed by atoms with van der Waals surface area (Å²) in [5.74, 6) is 2.93. The molecule has 1 aromatic rings. The highest BCUT2D eigenvalue weighted by Crippen LogP contribution is 2.28. The van der Waals surface area contributed by atoms with E-state index in [-0.39, 0.29) is 5.54 Å². The second-order valence-electron chi connectivity index (χ2n) is 7.75. The topological polar surface area (TPSA) is 30.7 Å². The Morgan fingerprint density at radius 2 is 1.58 bits per heavy atom. The van der Waals surface area contributed by atoms with Crippen LogP contribution in [0.5, 0.6) is 0 Å². The molecular formula is C15H28ClN3. The van der Waals surface area contributed by atoms with Gasteiger partial charge in [0.05, 0.1) is 5.88 Å². The van der Waals surface area contributed by atoms with Crippen molar-refractivity contribution in [2.45, 2.75) is 72.7 Å². The van der Waals surface area contributed by atoms with Gasteiger partial charge in [-0.25, -0.2) is 0 Å². The Kier molecular flexibility index (Phi) is 5.05. The van der Waals surface area contributed by atoms with Crippen molar-refractivity contribution in [3.63, 3.8) is 0 Å². The molecule has 3 nitrogen and oxygen atoms in total. The lowest BCUT2D eigenvalue weighted by Gasteiger charge is -2.27. The Balaban J connectivity index is 2.93. The van der Waals surface area contributed by atoms with Crippen LogP contribution in [0.2, 0.25) is 0 Å². The van der Waals surface area contributed by atoms with Crippen molar-refractivity contribution >= 4 is 11.6 Å². The molecule has 0 aromatic carbocycles. The zero-order chi connectivity index (χ0) is 14.8. The predicted octanol–water partition coefficient (Wildman–Crippen LogP) is 4.39. The average Bonchev–Trinajstić information content (AvgIpc) is 2.56. The standard InChI is InChI=1S/C15H28ClN3/c1-11(9-14(2,3)4)8-12-17-18-13(10-16)19(12)15(5,6)7/h11H,8-10H2,1-7H3. The first kappa shape index (κ1) is 16.5. The summed E-state index contributed by atoms with van der Waals surface area (Å²) in [4.78, 5) is 0. The molecule has 1 aromatic heterocycles. The van der Waals surface area contributed by atoms with Crippen molar-refractivity contribution in [1.29, 1.82) is 0 Å². The molecule has 4 heteroatoms. The van der Waals surface area contributed by atoms with Gasteiger partial charge in [-0.15, -0.1) is 21.8 Å². The van der Waals surface area contributed by atoms with Crippen LogP contribution < -0.4 is 0 Å². The van der Waals surface area contributed by atoms with Crippen LogP contribution in [0.3, 0.4) is 0 Å². The molecule has 110 valence electrons. The molecule has 0 N–H and O–H groups in total. The van der Waals surface area contributed by atoms with Gasteiger partial charge in [0.25, 0.3) is 0 Å². The van der Waals surface area contributed by atoms with Gasteiger partial charge in [-0.1, -0.05) is 27.7 Å². The van der Waals surface area contributed by atoms with Crippen LogP contribution >= 0.6 is 11.6 Å². The third-order valence-electron chi connectivity index (χ3n) is 3.08. The first-order chi connectivity index (χ1) is 8.54. The van der Waals surface area contributed by atoms with E-state index in [2.05, 4.69) is 63.2 Å². The monoisotopic (exact) mass is 285 g/mol. The van der Waals surface area contributed by atoms with Crippen LogP contribution in [0, 0.1) is 11.3 Å². The Bertz CT molecular complexity index is 410. The van der Waals surface area contributed by atoms with E-state index in [4.69, 9.17) is 11.6 Å². The van der Waals surface area contributed by atoms with E-state index < -0.39 is 0 Å². The summed E-state index contributed by atoms with van der Waals surface area (Å²) >= 11 is 5.97. The predicted molar refractivity (Wildman–Crippen MR) is 81.5 cm³/mol. The van der Waals surface area contributed by atoms with E-state index in [9.17, 15) is 0 Å². The van der Waals surface area contributed by atoms with Gasteiger partial charge in [-0.05, 0) is 38.5 Å². The Hall–Kier alpha value is -0.570. The molecule has 19 heavy (non-hydrogen) atoms. The Morgan fingerprint density at radius 1 is 1.05 bits per heavy atom. The fraction of sp³-hybridized carbons (Fsp3) is 0.867. The molecule has 1 atom stereocenters. The minimum Gasteiger partial charge on any atom is -0.309 e. The van der Waals surface area contributed by atoms with E-state index in [0.29, 0.717) is 17.2 Å². The Morgan fingerprint density at radius 3 is 2.00 bits per heavy atom. The van der Waals surface area contributed by atoms with E-state index in [0.717, 1.165) is 18.1 Å². The van der Waals surface area contributed by atoms with E-state index >= 15 is 0 Å². The van der Waals surface area contributed by atoms with Gasteiger partial charge in [0.2, 0.25) is 0 Å². The SMILES string of the molecule is CC(Cc1nnc(CCl)n1C(C)(C)C)CC(C)(C)C. The van der Waals surface area contributed by atoms with Crippen LogP contribution in [0.1, 0.15) is 66.5 Å². The molecule has 1 unspecified atom stereocenters. The van der Waals surface area contributed by atoms with Gasteiger partial charge < -0.3 is 4.57 Å². The minimum absolute atomic E-state index is 0.0233. The van der Waals surface area contributed by atoms with Crippen molar-refractivity contribution in [2.24, 2.45) is 11.3 Å². The zero-order valence-corrected chi connectivity index (χ0v) is 14.2. The summed E-state index contributed by atoms with van der Waals surface area (Å²) in [5.41, 5.74) is 0.325.